The Bertz CT molecular complexity index is 611. The Morgan fingerprint density at radius 1 is 1.40 bits per heavy atom. The van der Waals surface area contributed by atoms with E-state index < -0.39 is 9.84 Å². The Morgan fingerprint density at radius 3 is 2.72 bits per heavy atom. The minimum atomic E-state index is -2.94. The Kier molecular flexibility index (Phi) is 9.84. The number of aliphatic imine (C=N–C) groups is 1. The van der Waals surface area contributed by atoms with Crippen LogP contribution in [0.2, 0.25) is 0 Å². The van der Waals surface area contributed by atoms with E-state index in [0.717, 1.165) is 31.0 Å². The topological polar surface area (TPSA) is 83.7 Å². The van der Waals surface area contributed by atoms with Gasteiger partial charge in [-0.1, -0.05) is 12.8 Å². The van der Waals surface area contributed by atoms with Gasteiger partial charge in [-0.3, -0.25) is 4.99 Å². The summed E-state index contributed by atoms with van der Waals surface area (Å²) in [6.07, 6.45) is 9.09. The SMILES string of the molecule is CC(CCS(C)(=O)=O)NC(=NCCc1ccco1)NC1CCCC1.I. The van der Waals surface area contributed by atoms with Crippen molar-refractivity contribution in [2.24, 2.45) is 4.99 Å². The van der Waals surface area contributed by atoms with Gasteiger partial charge in [0.2, 0.25) is 0 Å². The molecule has 1 atom stereocenters. The van der Waals surface area contributed by atoms with Crippen LogP contribution in [0.15, 0.2) is 27.8 Å². The molecule has 2 rings (SSSR count). The van der Waals surface area contributed by atoms with Gasteiger partial charge in [-0.05, 0) is 38.3 Å². The Balaban J connectivity index is 0.00000312. The van der Waals surface area contributed by atoms with Crippen molar-refractivity contribution in [2.75, 3.05) is 18.6 Å². The second-order valence-electron chi connectivity index (χ2n) is 6.65. The van der Waals surface area contributed by atoms with E-state index in [4.69, 9.17) is 4.42 Å². The lowest BCUT2D eigenvalue weighted by Gasteiger charge is -2.21. The van der Waals surface area contributed by atoms with E-state index in [2.05, 4.69) is 15.6 Å². The highest BCUT2D eigenvalue weighted by Gasteiger charge is 2.17. The Morgan fingerprint density at radius 2 is 2.12 bits per heavy atom. The first kappa shape index (κ1) is 22.3. The summed E-state index contributed by atoms with van der Waals surface area (Å²) in [6.45, 7) is 2.62. The highest BCUT2D eigenvalue weighted by Crippen LogP contribution is 2.17. The fourth-order valence-corrected chi connectivity index (χ4v) is 3.61. The van der Waals surface area contributed by atoms with Crippen molar-refractivity contribution in [2.45, 2.75) is 57.5 Å². The minimum Gasteiger partial charge on any atom is -0.469 e. The zero-order valence-corrected chi connectivity index (χ0v) is 18.2. The van der Waals surface area contributed by atoms with Gasteiger partial charge >= 0.3 is 0 Å². The highest BCUT2D eigenvalue weighted by molar-refractivity contribution is 14.0. The van der Waals surface area contributed by atoms with E-state index in [1.807, 2.05) is 19.1 Å². The molecule has 0 aromatic carbocycles. The molecule has 1 saturated carbocycles. The van der Waals surface area contributed by atoms with Gasteiger partial charge in [0.1, 0.15) is 15.6 Å². The van der Waals surface area contributed by atoms with E-state index in [9.17, 15) is 8.42 Å². The van der Waals surface area contributed by atoms with Gasteiger partial charge in [0.05, 0.1) is 12.0 Å². The summed E-state index contributed by atoms with van der Waals surface area (Å²) in [5.41, 5.74) is 0. The maximum Gasteiger partial charge on any atom is 0.191 e. The van der Waals surface area contributed by atoms with Gasteiger partial charge < -0.3 is 15.1 Å². The first-order valence-electron chi connectivity index (χ1n) is 8.70. The third-order valence-electron chi connectivity index (χ3n) is 4.21. The van der Waals surface area contributed by atoms with Crippen molar-refractivity contribution in [3.8, 4) is 0 Å². The predicted octanol–water partition coefficient (Wildman–Crippen LogP) is 2.74. The molecule has 1 heterocycles. The number of nitrogens with zero attached hydrogens (tertiary/aromatic N) is 1. The second kappa shape index (κ2) is 11.1. The first-order valence-corrected chi connectivity index (χ1v) is 10.8. The zero-order chi connectivity index (χ0) is 17.4. The van der Waals surface area contributed by atoms with Gasteiger partial charge in [0.25, 0.3) is 0 Å². The largest absolute Gasteiger partial charge is 0.469 e. The Hall–Kier alpha value is -0.770. The molecule has 2 N–H and O–H groups in total. The molecule has 1 unspecified atom stereocenters. The number of rotatable bonds is 8. The summed E-state index contributed by atoms with van der Waals surface area (Å²) < 4.78 is 28.0. The smallest absolute Gasteiger partial charge is 0.191 e. The lowest BCUT2D eigenvalue weighted by Crippen LogP contribution is -2.46. The number of guanidine groups is 1. The monoisotopic (exact) mass is 483 g/mol. The molecule has 25 heavy (non-hydrogen) atoms. The molecular formula is C17H30IN3O3S. The van der Waals surface area contributed by atoms with Crippen LogP contribution in [0, 0.1) is 0 Å². The Labute approximate surface area is 168 Å². The van der Waals surface area contributed by atoms with Crippen LogP contribution in [0.5, 0.6) is 0 Å². The number of sulfone groups is 1. The summed E-state index contributed by atoms with van der Waals surface area (Å²) in [7, 11) is -2.94. The summed E-state index contributed by atoms with van der Waals surface area (Å²) in [4.78, 5) is 4.63. The maximum absolute atomic E-state index is 11.3. The van der Waals surface area contributed by atoms with Crippen molar-refractivity contribution < 1.29 is 12.8 Å². The van der Waals surface area contributed by atoms with E-state index in [0.29, 0.717) is 19.0 Å². The van der Waals surface area contributed by atoms with Crippen molar-refractivity contribution in [1.82, 2.24) is 10.6 Å². The number of nitrogens with one attached hydrogen (secondary N) is 2. The van der Waals surface area contributed by atoms with Crippen LogP contribution < -0.4 is 10.6 Å². The highest BCUT2D eigenvalue weighted by atomic mass is 127. The van der Waals surface area contributed by atoms with Gasteiger partial charge in [0.15, 0.2) is 5.96 Å². The van der Waals surface area contributed by atoms with Gasteiger partial charge in [-0.2, -0.15) is 0 Å². The molecule has 0 aliphatic heterocycles. The lowest BCUT2D eigenvalue weighted by molar-refractivity contribution is 0.510. The van der Waals surface area contributed by atoms with Gasteiger partial charge in [-0.15, -0.1) is 24.0 Å². The van der Waals surface area contributed by atoms with Crippen LogP contribution in [-0.4, -0.2) is 45.0 Å². The molecule has 1 fully saturated rings. The molecule has 1 aromatic rings. The molecule has 0 saturated heterocycles. The van der Waals surface area contributed by atoms with Crippen LogP contribution in [0.4, 0.5) is 0 Å². The molecular weight excluding hydrogens is 453 g/mol. The van der Waals surface area contributed by atoms with Crippen LogP contribution in [0.3, 0.4) is 0 Å². The standard InChI is InChI=1S/C17H29N3O3S.HI/c1-14(10-13-24(2,21)22)19-17(20-15-6-3-4-7-15)18-11-9-16-8-5-12-23-16;/h5,8,12,14-15H,3-4,6-7,9-11,13H2,1-2H3,(H2,18,19,20);1H. The molecule has 144 valence electrons. The molecule has 0 amide bonds. The summed E-state index contributed by atoms with van der Waals surface area (Å²) in [5, 5.41) is 6.82. The fourth-order valence-electron chi connectivity index (χ4n) is 2.83. The number of hydrogen-bond acceptors (Lipinski definition) is 4. The van der Waals surface area contributed by atoms with Crippen molar-refractivity contribution in [1.29, 1.82) is 0 Å². The van der Waals surface area contributed by atoms with E-state index in [-0.39, 0.29) is 35.8 Å². The number of hydrogen-bond donors (Lipinski definition) is 2. The normalized spacial score (nSPS) is 17.1. The maximum atomic E-state index is 11.3. The van der Waals surface area contributed by atoms with Crippen molar-refractivity contribution >= 4 is 39.8 Å². The van der Waals surface area contributed by atoms with E-state index in [1.54, 1.807) is 6.26 Å². The van der Waals surface area contributed by atoms with Crippen molar-refractivity contribution in [3.63, 3.8) is 0 Å². The fraction of sp³-hybridized carbons (Fsp3) is 0.706. The van der Waals surface area contributed by atoms with Crippen LogP contribution in [0.1, 0.15) is 44.8 Å². The van der Waals surface area contributed by atoms with Gasteiger partial charge in [-0.25, -0.2) is 8.42 Å². The third-order valence-corrected chi connectivity index (χ3v) is 5.19. The zero-order valence-electron chi connectivity index (χ0n) is 15.0. The number of halogens is 1. The predicted molar refractivity (Wildman–Crippen MR) is 112 cm³/mol. The van der Waals surface area contributed by atoms with E-state index >= 15 is 0 Å². The molecule has 0 radical (unpaired) electrons. The molecule has 1 aromatic heterocycles. The average molecular weight is 483 g/mol. The molecule has 1 aliphatic carbocycles. The molecule has 1 aliphatic rings. The van der Waals surface area contributed by atoms with Crippen molar-refractivity contribution in [3.05, 3.63) is 24.2 Å². The van der Waals surface area contributed by atoms with Crippen LogP contribution >= 0.6 is 24.0 Å². The lowest BCUT2D eigenvalue weighted by atomic mass is 10.2. The molecule has 0 bridgehead atoms. The second-order valence-corrected chi connectivity index (χ2v) is 8.91. The summed E-state index contributed by atoms with van der Waals surface area (Å²) in [6, 6.07) is 4.34. The van der Waals surface area contributed by atoms with E-state index in [1.165, 1.54) is 19.1 Å². The quantitative estimate of drug-likeness (QED) is 0.338. The molecule has 8 heteroatoms. The first-order chi connectivity index (χ1) is 11.4. The average Bonchev–Trinajstić information content (AvgIpc) is 3.18. The van der Waals surface area contributed by atoms with Crippen LogP contribution in [0.25, 0.3) is 0 Å². The van der Waals surface area contributed by atoms with Crippen LogP contribution in [-0.2, 0) is 16.3 Å². The van der Waals surface area contributed by atoms with Gasteiger partial charge in [0, 0.05) is 31.3 Å². The third kappa shape index (κ3) is 9.48. The minimum absolute atomic E-state index is 0. The molecule has 6 nitrogen and oxygen atoms in total. The summed E-state index contributed by atoms with van der Waals surface area (Å²) >= 11 is 0. The summed E-state index contributed by atoms with van der Waals surface area (Å²) in [5.74, 6) is 1.88. The number of furan rings is 1. The molecule has 0 spiro atoms.